The number of anilines is 1. The Morgan fingerprint density at radius 2 is 2.00 bits per heavy atom. The van der Waals surface area contributed by atoms with Gasteiger partial charge in [0.15, 0.2) is 5.65 Å². The smallest absolute Gasteiger partial charge is 0.420 e. The van der Waals surface area contributed by atoms with Crippen LogP contribution in [0.1, 0.15) is 15.9 Å². The zero-order valence-electron chi connectivity index (χ0n) is 12.3. The van der Waals surface area contributed by atoms with Crippen LogP contribution in [0.25, 0.3) is 11.2 Å². The van der Waals surface area contributed by atoms with Crippen molar-refractivity contribution in [3.63, 3.8) is 0 Å². The second-order valence-corrected chi connectivity index (χ2v) is 5.11. The third kappa shape index (κ3) is 2.87. The topological polar surface area (TPSA) is 80.0 Å². The largest absolute Gasteiger partial charge is 0.507 e. The van der Waals surface area contributed by atoms with Gasteiger partial charge in [0.2, 0.25) is 0 Å². The summed E-state index contributed by atoms with van der Waals surface area (Å²) >= 11 is 0. The molecule has 0 unspecified atom stereocenters. The number of carbonyl (C=O) groups is 1. The van der Waals surface area contributed by atoms with Crippen LogP contribution < -0.4 is 5.32 Å². The Morgan fingerprint density at radius 3 is 2.71 bits per heavy atom. The zero-order valence-corrected chi connectivity index (χ0v) is 12.3. The summed E-state index contributed by atoms with van der Waals surface area (Å²) in [6, 6.07) is 4.20. The number of amides is 1. The Balaban J connectivity index is 1.88. The third-order valence-corrected chi connectivity index (χ3v) is 3.37. The van der Waals surface area contributed by atoms with Crippen molar-refractivity contribution in [1.82, 2.24) is 14.5 Å². The van der Waals surface area contributed by atoms with E-state index >= 15 is 0 Å². The van der Waals surface area contributed by atoms with Crippen molar-refractivity contribution in [3.8, 4) is 5.75 Å². The molecule has 9 heteroatoms. The van der Waals surface area contributed by atoms with E-state index in [1.165, 1.54) is 24.7 Å². The molecule has 0 atom stereocenters. The Hall–Kier alpha value is -3.10. The Kier molecular flexibility index (Phi) is 3.63. The van der Waals surface area contributed by atoms with Gasteiger partial charge in [-0.25, -0.2) is 9.97 Å². The third-order valence-electron chi connectivity index (χ3n) is 3.37. The van der Waals surface area contributed by atoms with E-state index in [9.17, 15) is 23.1 Å². The second-order valence-electron chi connectivity index (χ2n) is 5.11. The molecule has 0 spiro atoms. The summed E-state index contributed by atoms with van der Waals surface area (Å²) in [6.45, 7) is 0. The van der Waals surface area contributed by atoms with Gasteiger partial charge in [0.05, 0.1) is 17.5 Å². The van der Waals surface area contributed by atoms with E-state index in [0.29, 0.717) is 17.2 Å². The van der Waals surface area contributed by atoms with E-state index < -0.39 is 23.4 Å². The van der Waals surface area contributed by atoms with Gasteiger partial charge in [-0.2, -0.15) is 13.2 Å². The van der Waals surface area contributed by atoms with Crippen molar-refractivity contribution >= 4 is 22.8 Å². The number of alkyl halides is 3. The van der Waals surface area contributed by atoms with E-state index in [1.807, 2.05) is 0 Å². The molecule has 1 aromatic carbocycles. The van der Waals surface area contributed by atoms with Crippen LogP contribution in [0.3, 0.4) is 0 Å². The average molecular weight is 336 g/mol. The molecule has 3 aromatic rings. The maximum Gasteiger partial charge on any atom is 0.420 e. The van der Waals surface area contributed by atoms with Crippen LogP contribution in [0, 0.1) is 0 Å². The highest BCUT2D eigenvalue weighted by Crippen LogP contribution is 2.37. The molecule has 2 N–H and O–H groups in total. The minimum atomic E-state index is -4.72. The molecule has 124 valence electrons. The van der Waals surface area contributed by atoms with Crippen molar-refractivity contribution in [2.24, 2.45) is 7.05 Å². The zero-order chi connectivity index (χ0) is 17.5. The van der Waals surface area contributed by atoms with Gasteiger partial charge < -0.3 is 15.0 Å². The van der Waals surface area contributed by atoms with Crippen molar-refractivity contribution < 1.29 is 23.1 Å². The molecule has 2 heterocycles. The molecule has 0 aliphatic rings. The summed E-state index contributed by atoms with van der Waals surface area (Å²) < 4.78 is 40.0. The second kappa shape index (κ2) is 5.52. The molecule has 0 radical (unpaired) electrons. The number of phenols is 1. The van der Waals surface area contributed by atoms with E-state index in [4.69, 9.17) is 0 Å². The van der Waals surface area contributed by atoms with Crippen LogP contribution in [0.4, 0.5) is 18.9 Å². The maximum absolute atomic E-state index is 12.8. The number of aromatic nitrogens is 3. The van der Waals surface area contributed by atoms with Gasteiger partial charge in [-0.05, 0) is 24.3 Å². The van der Waals surface area contributed by atoms with Crippen LogP contribution in [0.2, 0.25) is 0 Å². The predicted octanol–water partition coefficient (Wildman–Crippen LogP) is 2.95. The molecule has 0 aliphatic heterocycles. The number of hydrogen-bond donors (Lipinski definition) is 2. The summed E-state index contributed by atoms with van der Waals surface area (Å²) in [5, 5.41) is 11.6. The highest BCUT2D eigenvalue weighted by Gasteiger charge is 2.34. The first-order chi connectivity index (χ1) is 11.3. The number of pyridine rings is 1. The first kappa shape index (κ1) is 15.8. The Bertz CT molecular complexity index is 934. The fourth-order valence-electron chi connectivity index (χ4n) is 2.18. The number of carbonyl (C=O) groups excluding carboxylic acids is 1. The van der Waals surface area contributed by atoms with E-state index in [0.717, 1.165) is 6.07 Å². The van der Waals surface area contributed by atoms with Gasteiger partial charge in [0.1, 0.15) is 11.3 Å². The van der Waals surface area contributed by atoms with Gasteiger partial charge >= 0.3 is 6.18 Å². The lowest BCUT2D eigenvalue weighted by molar-refractivity contribution is -0.138. The van der Waals surface area contributed by atoms with E-state index in [-0.39, 0.29) is 11.3 Å². The van der Waals surface area contributed by atoms with Crippen molar-refractivity contribution in [3.05, 3.63) is 47.9 Å². The van der Waals surface area contributed by atoms with Gasteiger partial charge in [-0.1, -0.05) is 0 Å². The molecule has 0 saturated heterocycles. The normalized spacial score (nSPS) is 11.7. The van der Waals surface area contributed by atoms with E-state index in [1.54, 1.807) is 11.6 Å². The molecular formula is C15H11F3N4O2. The van der Waals surface area contributed by atoms with Crippen LogP contribution in [0.5, 0.6) is 5.75 Å². The number of rotatable bonds is 2. The molecule has 0 saturated carbocycles. The van der Waals surface area contributed by atoms with Crippen molar-refractivity contribution in [1.29, 1.82) is 0 Å². The molecule has 0 aliphatic carbocycles. The summed E-state index contributed by atoms with van der Waals surface area (Å²) in [5.74, 6) is -1.54. The standard InChI is InChI=1S/C15H11F3N4O2/c1-22-7-20-11-4-8(6-19-13(11)22)14(24)21-9-2-3-12(23)10(5-9)15(16,17)18/h2-7,23H,1H3,(H,21,24). The first-order valence-corrected chi connectivity index (χ1v) is 6.74. The molecular weight excluding hydrogens is 325 g/mol. The van der Waals surface area contributed by atoms with Crippen molar-refractivity contribution in [2.75, 3.05) is 5.32 Å². The quantitative estimate of drug-likeness (QED) is 0.705. The average Bonchev–Trinajstić information content (AvgIpc) is 2.89. The summed E-state index contributed by atoms with van der Waals surface area (Å²) in [4.78, 5) is 20.3. The first-order valence-electron chi connectivity index (χ1n) is 6.74. The number of nitrogens with one attached hydrogen (secondary N) is 1. The Labute approximate surface area is 133 Å². The van der Waals surface area contributed by atoms with Crippen molar-refractivity contribution in [2.45, 2.75) is 6.18 Å². The van der Waals surface area contributed by atoms with Crippen LogP contribution in [0.15, 0.2) is 36.8 Å². The van der Waals surface area contributed by atoms with Gasteiger partial charge in [0, 0.05) is 18.9 Å². The number of fused-ring (bicyclic) bond motifs is 1. The molecule has 24 heavy (non-hydrogen) atoms. The monoisotopic (exact) mass is 336 g/mol. The summed E-state index contributed by atoms with van der Waals surface area (Å²) in [5.41, 5.74) is -0.0879. The molecule has 6 nitrogen and oxygen atoms in total. The Morgan fingerprint density at radius 1 is 1.25 bits per heavy atom. The molecule has 3 rings (SSSR count). The number of hydrogen-bond acceptors (Lipinski definition) is 4. The minimum absolute atomic E-state index is 0.0914. The number of nitrogens with zero attached hydrogens (tertiary/aromatic N) is 3. The van der Waals surface area contributed by atoms with Crippen LogP contribution in [-0.4, -0.2) is 25.5 Å². The summed E-state index contributed by atoms with van der Waals surface area (Å²) in [7, 11) is 1.75. The number of halogens is 3. The highest BCUT2D eigenvalue weighted by atomic mass is 19.4. The number of phenolic OH excluding ortho intramolecular Hbond substituents is 1. The number of imidazole rings is 1. The van der Waals surface area contributed by atoms with Gasteiger partial charge in [-0.15, -0.1) is 0 Å². The maximum atomic E-state index is 12.8. The van der Waals surface area contributed by atoms with Gasteiger partial charge in [-0.3, -0.25) is 4.79 Å². The molecule has 0 bridgehead atoms. The molecule has 0 fully saturated rings. The van der Waals surface area contributed by atoms with Crippen LogP contribution >= 0.6 is 0 Å². The molecule has 2 aromatic heterocycles. The number of aromatic hydroxyl groups is 1. The molecule has 1 amide bonds. The predicted molar refractivity (Wildman–Crippen MR) is 79.6 cm³/mol. The lowest BCUT2D eigenvalue weighted by Crippen LogP contribution is -2.13. The summed E-state index contributed by atoms with van der Waals surface area (Å²) in [6.07, 6.45) is -1.88. The number of aryl methyl sites for hydroxylation is 1. The lowest BCUT2D eigenvalue weighted by atomic mass is 10.1. The minimum Gasteiger partial charge on any atom is -0.507 e. The fraction of sp³-hybridized carbons (Fsp3) is 0.133. The lowest BCUT2D eigenvalue weighted by Gasteiger charge is -2.11. The number of benzene rings is 1. The fourth-order valence-corrected chi connectivity index (χ4v) is 2.18. The highest BCUT2D eigenvalue weighted by molar-refractivity contribution is 6.05. The van der Waals surface area contributed by atoms with E-state index in [2.05, 4.69) is 15.3 Å². The SMILES string of the molecule is Cn1cnc2cc(C(=O)Nc3ccc(O)c(C(F)(F)F)c3)cnc21. The van der Waals surface area contributed by atoms with Gasteiger partial charge in [0.25, 0.3) is 5.91 Å². The van der Waals surface area contributed by atoms with Crippen LogP contribution in [-0.2, 0) is 13.2 Å².